The highest BCUT2D eigenvalue weighted by Crippen LogP contribution is 2.78. The molecule has 1 aliphatic heterocycles. The molecule has 1 atom stereocenters. The fourth-order valence-electron chi connectivity index (χ4n) is 4.27. The van der Waals surface area contributed by atoms with Crippen molar-refractivity contribution < 1.29 is 0 Å². The zero-order chi connectivity index (χ0) is 24.6. The quantitative estimate of drug-likeness (QED) is 0.184. The van der Waals surface area contributed by atoms with Crippen molar-refractivity contribution in [2.75, 3.05) is 6.66 Å². The molecular weight excluding hydrogens is 499 g/mol. The fourth-order valence-corrected chi connectivity index (χ4v) is 26.8. The predicted octanol–water partition coefficient (Wildman–Crippen LogP) is 8.12. The van der Waals surface area contributed by atoms with Gasteiger partial charge < -0.3 is 0 Å². The lowest BCUT2D eigenvalue weighted by atomic mass is 10.4. The molecule has 35 heavy (non-hydrogen) atoms. The van der Waals surface area contributed by atoms with Crippen molar-refractivity contribution in [2.45, 2.75) is 19.6 Å². The van der Waals surface area contributed by atoms with Gasteiger partial charge in [0.2, 0.25) is 0 Å². The first-order chi connectivity index (χ1) is 16.8. The summed E-state index contributed by atoms with van der Waals surface area (Å²) in [5.41, 5.74) is 0. The molecule has 0 amide bonds. The number of nitrogens with zero attached hydrogens (tertiary/aromatic N) is 3. The Kier molecular flexibility index (Phi) is 6.53. The minimum atomic E-state index is -2.48. The van der Waals surface area contributed by atoms with E-state index in [0.717, 1.165) is 0 Å². The third-order valence-electron chi connectivity index (χ3n) is 6.60. The number of hydrogen-bond acceptors (Lipinski definition) is 3. The van der Waals surface area contributed by atoms with Crippen LogP contribution in [0.5, 0.6) is 0 Å². The van der Waals surface area contributed by atoms with E-state index in [4.69, 9.17) is 13.5 Å². The number of hydrogen-bond donors (Lipinski definition) is 0. The van der Waals surface area contributed by atoms with Crippen molar-refractivity contribution in [3.05, 3.63) is 121 Å². The van der Waals surface area contributed by atoms with Gasteiger partial charge in [-0.1, -0.05) is 141 Å². The van der Waals surface area contributed by atoms with E-state index in [1.807, 2.05) is 0 Å². The zero-order valence-corrected chi connectivity index (χ0v) is 24.4. The van der Waals surface area contributed by atoms with Gasteiger partial charge in [-0.3, -0.25) is 0 Å². The van der Waals surface area contributed by atoms with Crippen LogP contribution < -0.4 is 21.2 Å². The van der Waals surface area contributed by atoms with Crippen LogP contribution in [0.1, 0.15) is 0 Å². The first kappa shape index (κ1) is 24.5. The molecule has 0 aliphatic carbocycles. The molecule has 4 aromatic carbocycles. The summed E-state index contributed by atoms with van der Waals surface area (Å²) >= 11 is 0. The van der Waals surface area contributed by atoms with Crippen molar-refractivity contribution in [3.8, 4) is 0 Å². The molecule has 0 radical (unpaired) electrons. The average molecular weight is 532 g/mol. The van der Waals surface area contributed by atoms with Crippen LogP contribution in [0.25, 0.3) is 0 Å². The highest BCUT2D eigenvalue weighted by molar-refractivity contribution is 8.08. The number of rotatable bonds is 5. The lowest BCUT2D eigenvalue weighted by Gasteiger charge is -2.40. The van der Waals surface area contributed by atoms with Crippen LogP contribution in [0.3, 0.4) is 0 Å². The highest BCUT2D eigenvalue weighted by atomic mass is 31.4. The van der Waals surface area contributed by atoms with Gasteiger partial charge in [0.15, 0.2) is 0 Å². The lowest BCUT2D eigenvalue weighted by molar-refractivity contribution is 1.62. The highest BCUT2D eigenvalue weighted by Gasteiger charge is 2.43. The van der Waals surface area contributed by atoms with Gasteiger partial charge in [-0.15, -0.1) is 0 Å². The third kappa shape index (κ3) is 4.32. The minimum absolute atomic E-state index is 1.22. The Morgan fingerprint density at radius 2 is 0.714 bits per heavy atom. The van der Waals surface area contributed by atoms with Crippen LogP contribution in [0.4, 0.5) is 0 Å². The molecule has 0 N–H and O–H groups in total. The normalized spacial score (nSPS) is 20.7. The van der Waals surface area contributed by atoms with Crippen molar-refractivity contribution in [1.82, 2.24) is 0 Å². The molecule has 3 nitrogen and oxygen atoms in total. The first-order valence-electron chi connectivity index (χ1n) is 11.9. The van der Waals surface area contributed by atoms with E-state index < -0.39 is 28.9 Å². The van der Waals surface area contributed by atoms with E-state index in [-0.39, 0.29) is 0 Å². The Morgan fingerprint density at radius 1 is 0.429 bits per heavy atom. The maximum absolute atomic E-state index is 5.97. The molecule has 1 aliphatic rings. The van der Waals surface area contributed by atoms with Crippen LogP contribution in [0, 0.1) is 0 Å². The van der Waals surface area contributed by atoms with Gasteiger partial charge in [0.1, 0.15) is 22.2 Å². The summed E-state index contributed by atoms with van der Waals surface area (Å²) in [5.74, 6) is 0. The molecule has 1 unspecified atom stereocenters. The summed E-state index contributed by atoms with van der Waals surface area (Å²) < 4.78 is 17.7. The summed E-state index contributed by atoms with van der Waals surface area (Å²) in [5, 5.41) is 4.90. The van der Waals surface area contributed by atoms with Gasteiger partial charge >= 0.3 is 0 Å². The van der Waals surface area contributed by atoms with Gasteiger partial charge in [0, 0.05) is 21.2 Å². The molecule has 178 valence electrons. The summed E-state index contributed by atoms with van der Waals surface area (Å²) in [6.45, 7) is 7.64. The molecule has 0 fully saturated rings. The molecule has 0 saturated heterocycles. The van der Waals surface area contributed by atoms with Crippen LogP contribution >= 0.6 is 21.2 Å². The Labute approximate surface area is 210 Å². The smallest absolute Gasteiger partial charge is 0.137 e. The largest absolute Gasteiger partial charge is 0.237 e. The molecule has 4 aromatic rings. The van der Waals surface area contributed by atoms with E-state index in [9.17, 15) is 0 Å². The van der Waals surface area contributed by atoms with Crippen molar-refractivity contribution in [2.24, 2.45) is 13.5 Å². The van der Waals surface area contributed by atoms with Gasteiger partial charge in [0.25, 0.3) is 0 Å². The second kappa shape index (κ2) is 9.34. The SMILES string of the molecule is C[Si](C)(C)P1(C)=NP(c2ccccc2)(c2ccccc2)=NP(c2ccccc2)(c2ccccc2)=N1. The molecule has 1 heterocycles. The van der Waals surface area contributed by atoms with Crippen LogP contribution in [0.15, 0.2) is 135 Å². The molecule has 7 heteroatoms. The summed E-state index contributed by atoms with van der Waals surface area (Å²) in [4.78, 5) is 0. The average Bonchev–Trinajstić information content (AvgIpc) is 2.90. The zero-order valence-electron chi connectivity index (χ0n) is 20.7. The summed E-state index contributed by atoms with van der Waals surface area (Å²) in [6.07, 6.45) is 0. The van der Waals surface area contributed by atoms with Gasteiger partial charge in [-0.2, -0.15) is 0 Å². The van der Waals surface area contributed by atoms with Crippen LogP contribution in [-0.4, -0.2) is 14.4 Å². The molecule has 0 bridgehead atoms. The summed E-state index contributed by atoms with van der Waals surface area (Å²) in [6, 6.07) is 43.3. The third-order valence-corrected chi connectivity index (χ3v) is 29.4. The lowest BCUT2D eigenvalue weighted by Crippen LogP contribution is -2.25. The summed E-state index contributed by atoms with van der Waals surface area (Å²) in [7, 11) is -6.77. The molecule has 5 rings (SSSR count). The van der Waals surface area contributed by atoms with E-state index in [0.29, 0.717) is 0 Å². The maximum atomic E-state index is 5.97. The predicted molar refractivity (Wildman–Crippen MR) is 162 cm³/mol. The molecule has 0 saturated carbocycles. The number of benzene rings is 4. The van der Waals surface area contributed by atoms with Gasteiger partial charge in [-0.25, -0.2) is 13.5 Å². The van der Waals surface area contributed by atoms with Crippen molar-refractivity contribution in [3.63, 3.8) is 0 Å². The Hall–Kier alpha value is -2.21. The topological polar surface area (TPSA) is 37.1 Å². The standard InChI is InChI=1S/C28H32N3P3Si/c1-32(35(2,3)4)29-33(25-17-9-5-10-18-25,26-19-11-6-12-20-26)31-34(30-32,27-21-13-7-14-22-27)28-23-15-8-16-24-28/h5-24H,1-4H3. The monoisotopic (exact) mass is 531 g/mol. The minimum Gasteiger partial charge on any atom is -0.237 e. The Morgan fingerprint density at radius 3 is 1.00 bits per heavy atom. The second-order valence-electron chi connectivity index (χ2n) is 9.90. The fraction of sp³-hybridized carbons (Fsp3) is 0.143. The molecule has 0 spiro atoms. The van der Waals surface area contributed by atoms with Crippen LogP contribution in [0.2, 0.25) is 19.6 Å². The Balaban J connectivity index is 2.06. The molecular formula is C28H32N3P3Si. The maximum Gasteiger partial charge on any atom is 0.137 e. The van der Waals surface area contributed by atoms with Crippen LogP contribution in [-0.2, 0) is 0 Å². The van der Waals surface area contributed by atoms with Crippen molar-refractivity contribution >= 4 is 50.1 Å². The second-order valence-corrected chi connectivity index (χ2v) is 29.2. The Bertz CT molecular complexity index is 1330. The molecule has 0 aromatic heterocycles. The first-order valence-corrected chi connectivity index (χ1v) is 21.8. The van der Waals surface area contributed by atoms with E-state index in [2.05, 4.69) is 148 Å². The van der Waals surface area contributed by atoms with E-state index in [1.54, 1.807) is 0 Å². The van der Waals surface area contributed by atoms with Gasteiger partial charge in [0.05, 0.1) is 6.75 Å². The van der Waals surface area contributed by atoms with Gasteiger partial charge in [-0.05, 0) is 6.66 Å². The van der Waals surface area contributed by atoms with E-state index >= 15 is 0 Å². The van der Waals surface area contributed by atoms with Crippen molar-refractivity contribution in [1.29, 1.82) is 0 Å². The van der Waals surface area contributed by atoms with E-state index in [1.165, 1.54) is 21.2 Å².